The molecule has 0 saturated heterocycles. The second kappa shape index (κ2) is 7.55. The Morgan fingerprint density at radius 1 is 1.08 bits per heavy atom. The number of ketones is 1. The fourth-order valence-electron chi connectivity index (χ4n) is 2.30. The molecule has 0 spiro atoms. The van der Waals surface area contributed by atoms with Crippen molar-refractivity contribution in [3.8, 4) is 5.75 Å². The van der Waals surface area contributed by atoms with E-state index in [4.69, 9.17) is 0 Å². The van der Waals surface area contributed by atoms with Gasteiger partial charge in [0, 0.05) is 5.56 Å². The SMILES string of the molecule is CCOC(=O)c1cc(O)c(C(=O)c2ccc(CC(F)(F)F)cc2)c(F)c1. The Morgan fingerprint density at radius 2 is 1.69 bits per heavy atom. The number of aromatic hydroxyl groups is 1. The highest BCUT2D eigenvalue weighted by atomic mass is 19.4. The van der Waals surface area contributed by atoms with Crippen LogP contribution in [-0.2, 0) is 11.2 Å². The van der Waals surface area contributed by atoms with Crippen LogP contribution in [0.2, 0.25) is 0 Å². The van der Waals surface area contributed by atoms with E-state index in [0.717, 1.165) is 36.4 Å². The lowest BCUT2D eigenvalue weighted by Crippen LogP contribution is -2.12. The Hall–Kier alpha value is -2.90. The van der Waals surface area contributed by atoms with Gasteiger partial charge in [-0.3, -0.25) is 4.79 Å². The van der Waals surface area contributed by atoms with E-state index < -0.39 is 41.5 Å². The van der Waals surface area contributed by atoms with Crippen LogP contribution in [0, 0.1) is 5.82 Å². The summed E-state index contributed by atoms with van der Waals surface area (Å²) in [6.45, 7) is 1.60. The fourth-order valence-corrected chi connectivity index (χ4v) is 2.30. The number of alkyl halides is 3. The lowest BCUT2D eigenvalue weighted by atomic mass is 9.98. The predicted octanol–water partition coefficient (Wildman–Crippen LogP) is 4.04. The molecule has 0 aliphatic heterocycles. The van der Waals surface area contributed by atoms with Gasteiger partial charge in [0.2, 0.25) is 0 Å². The molecule has 0 atom stereocenters. The molecule has 0 bridgehead atoms. The van der Waals surface area contributed by atoms with E-state index >= 15 is 0 Å². The normalized spacial score (nSPS) is 11.3. The van der Waals surface area contributed by atoms with E-state index in [1.807, 2.05) is 0 Å². The van der Waals surface area contributed by atoms with Crippen molar-refractivity contribution < 1.29 is 37.0 Å². The molecule has 0 heterocycles. The first-order valence-electron chi connectivity index (χ1n) is 7.52. The minimum Gasteiger partial charge on any atom is -0.507 e. The first kappa shape index (κ1) is 19.4. The lowest BCUT2D eigenvalue weighted by molar-refractivity contribution is -0.127. The molecule has 0 unspecified atom stereocenters. The molecule has 0 amide bonds. The molecular weight excluding hydrogens is 356 g/mol. The maximum atomic E-state index is 14.2. The van der Waals surface area contributed by atoms with Crippen molar-refractivity contribution >= 4 is 11.8 Å². The van der Waals surface area contributed by atoms with Crippen molar-refractivity contribution in [3.63, 3.8) is 0 Å². The number of halogens is 4. The molecule has 0 aromatic heterocycles. The summed E-state index contributed by atoms with van der Waals surface area (Å²) in [5.41, 5.74) is -1.11. The number of phenols is 1. The monoisotopic (exact) mass is 370 g/mol. The molecule has 8 heteroatoms. The molecule has 2 rings (SSSR count). The Bertz CT molecular complexity index is 803. The first-order valence-corrected chi connectivity index (χ1v) is 7.52. The lowest BCUT2D eigenvalue weighted by Gasteiger charge is -2.10. The largest absolute Gasteiger partial charge is 0.507 e. The van der Waals surface area contributed by atoms with Crippen LogP contribution >= 0.6 is 0 Å². The summed E-state index contributed by atoms with van der Waals surface area (Å²) in [5.74, 6) is -3.69. The zero-order valence-corrected chi connectivity index (χ0v) is 13.6. The van der Waals surface area contributed by atoms with Gasteiger partial charge in [0.15, 0.2) is 5.78 Å². The molecule has 1 N–H and O–H groups in total. The van der Waals surface area contributed by atoms with Crippen LogP contribution in [0.25, 0.3) is 0 Å². The third kappa shape index (κ3) is 4.59. The fraction of sp³-hybridized carbons (Fsp3) is 0.222. The number of carbonyl (C=O) groups is 2. The summed E-state index contributed by atoms with van der Waals surface area (Å²) >= 11 is 0. The standard InChI is InChI=1S/C18H14F4O4/c1-2-26-17(25)12-7-13(19)15(14(23)8-12)16(24)11-5-3-10(4-6-11)9-18(20,21)22/h3-8,23H,2,9H2,1H3. The minimum atomic E-state index is -4.39. The van der Waals surface area contributed by atoms with Crippen LogP contribution in [0.5, 0.6) is 5.75 Å². The smallest absolute Gasteiger partial charge is 0.393 e. The third-order valence-corrected chi connectivity index (χ3v) is 3.43. The maximum Gasteiger partial charge on any atom is 0.393 e. The zero-order chi connectivity index (χ0) is 19.5. The van der Waals surface area contributed by atoms with Crippen LogP contribution in [0.15, 0.2) is 36.4 Å². The van der Waals surface area contributed by atoms with Crippen LogP contribution in [0.4, 0.5) is 17.6 Å². The van der Waals surface area contributed by atoms with Crippen LogP contribution < -0.4 is 0 Å². The van der Waals surface area contributed by atoms with E-state index in [1.165, 1.54) is 0 Å². The molecule has 138 valence electrons. The van der Waals surface area contributed by atoms with Gasteiger partial charge in [0.1, 0.15) is 17.1 Å². The second-order valence-corrected chi connectivity index (χ2v) is 5.39. The summed E-state index contributed by atoms with van der Waals surface area (Å²) in [6.07, 6.45) is -5.55. The highest BCUT2D eigenvalue weighted by Gasteiger charge is 2.28. The van der Waals surface area contributed by atoms with E-state index in [1.54, 1.807) is 6.92 Å². The molecule has 2 aromatic carbocycles. The van der Waals surface area contributed by atoms with Crippen molar-refractivity contribution in [1.82, 2.24) is 0 Å². The highest BCUT2D eigenvalue weighted by molar-refractivity contribution is 6.11. The van der Waals surface area contributed by atoms with Crippen LogP contribution in [0.3, 0.4) is 0 Å². The molecule has 0 saturated carbocycles. The van der Waals surface area contributed by atoms with Crippen molar-refractivity contribution in [3.05, 3.63) is 64.5 Å². The van der Waals surface area contributed by atoms with Gasteiger partial charge >= 0.3 is 12.1 Å². The predicted molar refractivity (Wildman–Crippen MR) is 83.7 cm³/mol. The van der Waals surface area contributed by atoms with Gasteiger partial charge in [0.25, 0.3) is 0 Å². The molecular formula is C18H14F4O4. The molecule has 2 aromatic rings. The number of rotatable bonds is 5. The van der Waals surface area contributed by atoms with Crippen molar-refractivity contribution in [1.29, 1.82) is 0 Å². The Morgan fingerprint density at radius 3 is 2.19 bits per heavy atom. The van der Waals surface area contributed by atoms with Gasteiger partial charge in [-0.2, -0.15) is 13.2 Å². The quantitative estimate of drug-likeness (QED) is 0.490. The van der Waals surface area contributed by atoms with E-state index in [2.05, 4.69) is 4.74 Å². The van der Waals surface area contributed by atoms with E-state index in [0.29, 0.717) is 0 Å². The van der Waals surface area contributed by atoms with Crippen LogP contribution in [-0.4, -0.2) is 29.6 Å². The summed E-state index contributed by atoms with van der Waals surface area (Å²) in [7, 11) is 0. The van der Waals surface area contributed by atoms with Gasteiger partial charge in [-0.1, -0.05) is 24.3 Å². The third-order valence-electron chi connectivity index (χ3n) is 3.43. The molecule has 0 fully saturated rings. The number of carbonyl (C=O) groups excluding carboxylic acids is 2. The molecule has 0 aliphatic rings. The van der Waals surface area contributed by atoms with Gasteiger partial charge in [-0.25, -0.2) is 9.18 Å². The van der Waals surface area contributed by atoms with Gasteiger partial charge in [-0.05, 0) is 24.6 Å². The van der Waals surface area contributed by atoms with Gasteiger partial charge < -0.3 is 9.84 Å². The molecule has 26 heavy (non-hydrogen) atoms. The molecule has 0 aliphatic carbocycles. The summed E-state index contributed by atoms with van der Waals surface area (Å²) < 4.78 is 55.9. The number of esters is 1. The Kier molecular flexibility index (Phi) is 5.64. The first-order chi connectivity index (χ1) is 12.1. The average Bonchev–Trinajstić information content (AvgIpc) is 2.53. The van der Waals surface area contributed by atoms with Gasteiger partial charge in [0.05, 0.1) is 18.6 Å². The van der Waals surface area contributed by atoms with Crippen LogP contribution in [0.1, 0.15) is 38.8 Å². The number of benzene rings is 2. The zero-order valence-electron chi connectivity index (χ0n) is 13.6. The molecule has 4 nitrogen and oxygen atoms in total. The average molecular weight is 370 g/mol. The Balaban J connectivity index is 2.31. The van der Waals surface area contributed by atoms with Crippen molar-refractivity contribution in [2.24, 2.45) is 0 Å². The topological polar surface area (TPSA) is 63.6 Å². The van der Waals surface area contributed by atoms with E-state index in [9.17, 15) is 32.3 Å². The Labute approximate surface area is 146 Å². The summed E-state index contributed by atoms with van der Waals surface area (Å²) in [6, 6.07) is 6.07. The van der Waals surface area contributed by atoms with Crippen molar-refractivity contribution in [2.75, 3.05) is 6.61 Å². The molecule has 0 radical (unpaired) electrons. The number of ether oxygens (including phenoxy) is 1. The highest BCUT2D eigenvalue weighted by Crippen LogP contribution is 2.27. The number of hydrogen-bond acceptors (Lipinski definition) is 4. The maximum absolute atomic E-state index is 14.2. The van der Waals surface area contributed by atoms with Gasteiger partial charge in [-0.15, -0.1) is 0 Å². The number of phenolic OH excluding ortho intramolecular Hbond substituents is 1. The van der Waals surface area contributed by atoms with Crippen molar-refractivity contribution in [2.45, 2.75) is 19.5 Å². The summed E-state index contributed by atoms with van der Waals surface area (Å²) in [5, 5.41) is 9.91. The van der Waals surface area contributed by atoms with E-state index in [-0.39, 0.29) is 23.3 Å². The number of hydrogen-bond donors (Lipinski definition) is 1. The summed E-state index contributed by atoms with van der Waals surface area (Å²) in [4.78, 5) is 23.9. The minimum absolute atomic E-state index is 0.0478. The second-order valence-electron chi connectivity index (χ2n) is 5.39.